The SMILES string of the molecule is CCNC(N)=NCCc1ccco1. The third kappa shape index (κ3) is 3.64. The molecule has 4 nitrogen and oxygen atoms in total. The molecule has 0 unspecified atom stereocenters. The van der Waals surface area contributed by atoms with E-state index in [0.717, 1.165) is 18.7 Å². The third-order valence-electron chi connectivity index (χ3n) is 1.58. The molecule has 1 heterocycles. The van der Waals surface area contributed by atoms with Crippen LogP contribution in [0.25, 0.3) is 0 Å². The Morgan fingerprint density at radius 3 is 3.15 bits per heavy atom. The van der Waals surface area contributed by atoms with Crippen LogP contribution in [0.5, 0.6) is 0 Å². The monoisotopic (exact) mass is 181 g/mol. The average molecular weight is 181 g/mol. The number of nitrogens with two attached hydrogens (primary N) is 1. The Morgan fingerprint density at radius 2 is 2.54 bits per heavy atom. The maximum atomic E-state index is 5.53. The summed E-state index contributed by atoms with van der Waals surface area (Å²) in [5, 5.41) is 2.92. The number of nitrogens with one attached hydrogen (secondary N) is 1. The minimum absolute atomic E-state index is 0.494. The summed E-state index contributed by atoms with van der Waals surface area (Å²) in [6.07, 6.45) is 2.45. The fraction of sp³-hybridized carbons (Fsp3) is 0.444. The summed E-state index contributed by atoms with van der Waals surface area (Å²) in [6, 6.07) is 3.80. The fourth-order valence-corrected chi connectivity index (χ4v) is 0.978. The van der Waals surface area contributed by atoms with Crippen molar-refractivity contribution in [2.24, 2.45) is 10.7 Å². The standard InChI is InChI=1S/C9H15N3O/c1-2-11-9(10)12-6-5-8-4-3-7-13-8/h3-4,7H,2,5-6H2,1H3,(H3,10,11,12). The number of aliphatic imine (C=N–C) groups is 1. The van der Waals surface area contributed by atoms with Crippen molar-refractivity contribution in [3.63, 3.8) is 0 Å². The van der Waals surface area contributed by atoms with Gasteiger partial charge in [-0.1, -0.05) is 0 Å². The molecule has 0 aromatic carbocycles. The normalized spacial score (nSPS) is 11.6. The van der Waals surface area contributed by atoms with E-state index >= 15 is 0 Å². The summed E-state index contributed by atoms with van der Waals surface area (Å²) >= 11 is 0. The minimum Gasteiger partial charge on any atom is -0.469 e. The average Bonchev–Trinajstić information content (AvgIpc) is 2.57. The first-order valence-corrected chi connectivity index (χ1v) is 4.39. The molecular weight excluding hydrogens is 166 g/mol. The summed E-state index contributed by atoms with van der Waals surface area (Å²) in [6.45, 7) is 3.44. The van der Waals surface area contributed by atoms with Crippen molar-refractivity contribution in [3.05, 3.63) is 24.2 Å². The molecule has 0 bridgehead atoms. The first-order valence-electron chi connectivity index (χ1n) is 4.39. The lowest BCUT2D eigenvalue weighted by molar-refractivity contribution is 0.511. The Morgan fingerprint density at radius 1 is 1.69 bits per heavy atom. The highest BCUT2D eigenvalue weighted by Gasteiger charge is 1.93. The Kier molecular flexibility index (Phi) is 3.88. The zero-order chi connectivity index (χ0) is 9.52. The van der Waals surface area contributed by atoms with Crippen LogP contribution in [-0.4, -0.2) is 19.0 Å². The molecule has 4 heteroatoms. The molecule has 13 heavy (non-hydrogen) atoms. The van der Waals surface area contributed by atoms with Gasteiger partial charge in [-0.05, 0) is 19.1 Å². The lowest BCUT2D eigenvalue weighted by atomic mass is 10.3. The highest BCUT2D eigenvalue weighted by atomic mass is 16.3. The minimum atomic E-state index is 0.494. The van der Waals surface area contributed by atoms with Crippen LogP contribution in [0.2, 0.25) is 0 Å². The lowest BCUT2D eigenvalue weighted by Gasteiger charge is -2.00. The van der Waals surface area contributed by atoms with Crippen LogP contribution >= 0.6 is 0 Å². The van der Waals surface area contributed by atoms with Crippen LogP contribution in [-0.2, 0) is 6.42 Å². The van der Waals surface area contributed by atoms with Gasteiger partial charge in [-0.3, -0.25) is 4.99 Å². The van der Waals surface area contributed by atoms with Gasteiger partial charge in [0, 0.05) is 19.5 Å². The molecule has 0 aliphatic heterocycles. The molecule has 0 aliphatic rings. The molecule has 0 atom stereocenters. The highest BCUT2D eigenvalue weighted by molar-refractivity contribution is 5.77. The largest absolute Gasteiger partial charge is 0.469 e. The van der Waals surface area contributed by atoms with Crippen molar-refractivity contribution >= 4 is 5.96 Å². The molecule has 1 aromatic rings. The molecule has 3 N–H and O–H groups in total. The first kappa shape index (κ1) is 9.64. The summed E-state index contributed by atoms with van der Waals surface area (Å²) in [4.78, 5) is 4.11. The van der Waals surface area contributed by atoms with E-state index in [0.29, 0.717) is 12.5 Å². The van der Waals surface area contributed by atoms with Gasteiger partial charge < -0.3 is 15.5 Å². The van der Waals surface area contributed by atoms with Gasteiger partial charge in [-0.2, -0.15) is 0 Å². The maximum absolute atomic E-state index is 5.53. The Bertz CT molecular complexity index is 254. The molecule has 1 rings (SSSR count). The molecule has 72 valence electrons. The zero-order valence-corrected chi connectivity index (χ0v) is 7.79. The quantitative estimate of drug-likeness (QED) is 0.532. The number of furan rings is 1. The van der Waals surface area contributed by atoms with Crippen molar-refractivity contribution in [1.29, 1.82) is 0 Å². The zero-order valence-electron chi connectivity index (χ0n) is 7.79. The highest BCUT2D eigenvalue weighted by Crippen LogP contribution is 2.00. The van der Waals surface area contributed by atoms with Gasteiger partial charge in [0.2, 0.25) is 0 Å². The van der Waals surface area contributed by atoms with E-state index in [1.165, 1.54) is 0 Å². The van der Waals surface area contributed by atoms with Crippen molar-refractivity contribution < 1.29 is 4.42 Å². The number of nitrogens with zero attached hydrogens (tertiary/aromatic N) is 1. The Balaban J connectivity index is 2.24. The van der Waals surface area contributed by atoms with E-state index in [4.69, 9.17) is 10.2 Å². The summed E-state index contributed by atoms with van der Waals surface area (Å²) in [5.74, 6) is 1.43. The molecule has 0 saturated heterocycles. The first-order chi connectivity index (χ1) is 6.33. The van der Waals surface area contributed by atoms with Gasteiger partial charge in [0.05, 0.1) is 6.26 Å². The van der Waals surface area contributed by atoms with E-state index in [2.05, 4.69) is 10.3 Å². The van der Waals surface area contributed by atoms with E-state index < -0.39 is 0 Å². The molecule has 0 aliphatic carbocycles. The summed E-state index contributed by atoms with van der Waals surface area (Å²) in [5.41, 5.74) is 5.53. The number of guanidine groups is 1. The van der Waals surface area contributed by atoms with Gasteiger partial charge >= 0.3 is 0 Å². The molecule has 1 aromatic heterocycles. The van der Waals surface area contributed by atoms with E-state index in [1.807, 2.05) is 19.1 Å². The molecule has 0 radical (unpaired) electrons. The van der Waals surface area contributed by atoms with E-state index in [-0.39, 0.29) is 0 Å². The van der Waals surface area contributed by atoms with Crippen LogP contribution in [0.3, 0.4) is 0 Å². The number of hydrogen-bond donors (Lipinski definition) is 2. The lowest BCUT2D eigenvalue weighted by Crippen LogP contribution is -2.31. The summed E-state index contributed by atoms with van der Waals surface area (Å²) in [7, 11) is 0. The van der Waals surface area contributed by atoms with Gasteiger partial charge in [-0.15, -0.1) is 0 Å². The van der Waals surface area contributed by atoms with Crippen LogP contribution < -0.4 is 11.1 Å². The fourth-order valence-electron chi connectivity index (χ4n) is 0.978. The van der Waals surface area contributed by atoms with Gasteiger partial charge in [-0.25, -0.2) is 0 Å². The van der Waals surface area contributed by atoms with Crippen LogP contribution in [0.4, 0.5) is 0 Å². The van der Waals surface area contributed by atoms with E-state index in [1.54, 1.807) is 6.26 Å². The van der Waals surface area contributed by atoms with Crippen LogP contribution in [0.15, 0.2) is 27.8 Å². The molecule has 0 amide bonds. The van der Waals surface area contributed by atoms with Crippen molar-refractivity contribution in [2.75, 3.05) is 13.1 Å². The van der Waals surface area contributed by atoms with E-state index in [9.17, 15) is 0 Å². The molecule has 0 spiro atoms. The predicted octanol–water partition coefficient (Wildman–Crippen LogP) is 0.746. The topological polar surface area (TPSA) is 63.5 Å². The van der Waals surface area contributed by atoms with Crippen molar-refractivity contribution in [1.82, 2.24) is 5.32 Å². The third-order valence-corrected chi connectivity index (χ3v) is 1.58. The number of rotatable bonds is 4. The van der Waals surface area contributed by atoms with Gasteiger partial charge in [0.1, 0.15) is 5.76 Å². The van der Waals surface area contributed by atoms with Crippen molar-refractivity contribution in [3.8, 4) is 0 Å². The van der Waals surface area contributed by atoms with Crippen LogP contribution in [0.1, 0.15) is 12.7 Å². The predicted molar refractivity (Wildman–Crippen MR) is 52.6 cm³/mol. The summed E-state index contributed by atoms with van der Waals surface area (Å²) < 4.78 is 5.14. The second-order valence-electron chi connectivity index (χ2n) is 2.63. The smallest absolute Gasteiger partial charge is 0.188 e. The Hall–Kier alpha value is -1.45. The number of hydrogen-bond acceptors (Lipinski definition) is 2. The molecule has 0 fully saturated rings. The van der Waals surface area contributed by atoms with Gasteiger partial charge in [0.25, 0.3) is 0 Å². The van der Waals surface area contributed by atoms with Gasteiger partial charge in [0.15, 0.2) is 5.96 Å². The second kappa shape index (κ2) is 5.24. The molecular formula is C9H15N3O. The Labute approximate surface area is 77.8 Å². The van der Waals surface area contributed by atoms with Crippen LogP contribution in [0, 0.1) is 0 Å². The second-order valence-corrected chi connectivity index (χ2v) is 2.63. The van der Waals surface area contributed by atoms with Crippen molar-refractivity contribution in [2.45, 2.75) is 13.3 Å². The molecule has 0 saturated carbocycles. The maximum Gasteiger partial charge on any atom is 0.188 e.